The lowest BCUT2D eigenvalue weighted by Crippen LogP contribution is -2.37. The predicted octanol–water partition coefficient (Wildman–Crippen LogP) is 2.56. The van der Waals surface area contributed by atoms with Crippen molar-refractivity contribution in [2.24, 2.45) is 7.05 Å². The molecule has 0 aromatic carbocycles. The number of rotatable bonds is 5. The van der Waals surface area contributed by atoms with Crippen LogP contribution in [0.3, 0.4) is 0 Å². The van der Waals surface area contributed by atoms with E-state index < -0.39 is 34.8 Å². The van der Waals surface area contributed by atoms with Crippen molar-refractivity contribution in [2.75, 3.05) is 5.75 Å². The normalized spacial score (nSPS) is 11.4. The first-order chi connectivity index (χ1) is 13.2. The Kier molecular flexibility index (Phi) is 5.39. The molecule has 0 saturated carbocycles. The lowest BCUT2D eigenvalue weighted by molar-refractivity contribution is -0.741. The number of hydrogen-bond donors (Lipinski definition) is 0. The lowest BCUT2D eigenvalue weighted by Gasteiger charge is -2.13. The second-order valence-electron chi connectivity index (χ2n) is 5.37. The number of carbonyl (C=O) groups is 1. The largest absolute Gasteiger partial charge is 0.539 e. The minimum Gasteiger partial charge on any atom is -0.539 e. The quantitative estimate of drug-likeness (QED) is 0.351. The Hall–Kier alpha value is -2.91. The van der Waals surface area contributed by atoms with Crippen LogP contribution in [0.25, 0.3) is 10.6 Å². The van der Waals surface area contributed by atoms with Crippen LogP contribution in [0.1, 0.15) is 21.6 Å². The summed E-state index contributed by atoms with van der Waals surface area (Å²) in [7, 11) is 1.32. The first kappa shape index (κ1) is 19.8. The molecule has 0 aliphatic rings. The second-order valence-corrected chi connectivity index (χ2v) is 7.28. The molecule has 0 aliphatic heterocycles. The molecule has 3 aromatic heterocycles. The van der Waals surface area contributed by atoms with Crippen LogP contribution in [0.5, 0.6) is 5.95 Å². The predicted molar refractivity (Wildman–Crippen MR) is 89.4 cm³/mol. The van der Waals surface area contributed by atoms with Crippen LogP contribution in [0.4, 0.5) is 13.2 Å². The number of ketones is 1. The molecule has 28 heavy (non-hydrogen) atoms. The molecule has 3 heterocycles. The number of thioether (sulfide) groups is 1. The molecule has 0 fully saturated rings. The SMILES string of the molecule is C[n+]1noc([O-])c1C(=O)CSc1nc(-c2cccs2)cc(C(F)(F)F)c1C#N. The molecule has 3 rings (SSSR count). The molecule has 0 unspecified atom stereocenters. The number of Topliss-reactive ketones (excluding diaryl/α,β-unsaturated/α-hetero) is 1. The molecule has 3 aromatic rings. The summed E-state index contributed by atoms with van der Waals surface area (Å²) in [4.78, 5) is 16.9. The summed E-state index contributed by atoms with van der Waals surface area (Å²) in [5.41, 5.74) is -2.13. The highest BCUT2D eigenvalue weighted by molar-refractivity contribution is 8.00. The topological polar surface area (TPSA) is 107 Å². The maximum Gasteiger partial charge on any atom is 0.417 e. The van der Waals surface area contributed by atoms with E-state index in [-0.39, 0.29) is 16.4 Å². The van der Waals surface area contributed by atoms with Gasteiger partial charge in [0, 0.05) is 0 Å². The second kappa shape index (κ2) is 7.61. The number of alkyl halides is 3. The minimum absolute atomic E-state index is 0.0383. The number of aryl methyl sites for hydroxylation is 1. The van der Waals surface area contributed by atoms with Gasteiger partial charge in [-0.3, -0.25) is 4.79 Å². The fourth-order valence-electron chi connectivity index (χ4n) is 2.32. The van der Waals surface area contributed by atoms with Gasteiger partial charge in [0.25, 0.3) is 5.69 Å². The van der Waals surface area contributed by atoms with Gasteiger partial charge >= 0.3 is 6.18 Å². The van der Waals surface area contributed by atoms with Gasteiger partial charge in [0.2, 0.25) is 5.78 Å². The van der Waals surface area contributed by atoms with Crippen LogP contribution in [-0.2, 0) is 13.2 Å². The number of nitrogens with zero attached hydrogens (tertiary/aromatic N) is 4. The Morgan fingerprint density at radius 3 is 2.79 bits per heavy atom. The monoisotopic (exact) mass is 426 g/mol. The Morgan fingerprint density at radius 1 is 1.50 bits per heavy atom. The summed E-state index contributed by atoms with van der Waals surface area (Å²) >= 11 is 1.83. The molecule has 0 bridgehead atoms. The van der Waals surface area contributed by atoms with Gasteiger partial charge in [0.15, 0.2) is 13.0 Å². The van der Waals surface area contributed by atoms with Crippen molar-refractivity contribution in [3.05, 3.63) is 40.4 Å². The van der Waals surface area contributed by atoms with Crippen molar-refractivity contribution in [2.45, 2.75) is 11.2 Å². The van der Waals surface area contributed by atoms with Crippen LogP contribution in [0.15, 0.2) is 33.1 Å². The highest BCUT2D eigenvalue weighted by Crippen LogP contribution is 2.38. The average molecular weight is 426 g/mol. The third-order valence-corrected chi connectivity index (χ3v) is 5.41. The van der Waals surface area contributed by atoms with Gasteiger partial charge in [-0.1, -0.05) is 22.5 Å². The molecular weight excluding hydrogens is 417 g/mol. The molecule has 0 atom stereocenters. The zero-order chi connectivity index (χ0) is 20.5. The van der Waals surface area contributed by atoms with Gasteiger partial charge < -0.3 is 9.63 Å². The molecular formula is C16H9F3N4O3S2. The third-order valence-electron chi connectivity index (χ3n) is 3.54. The van der Waals surface area contributed by atoms with E-state index >= 15 is 0 Å². The smallest absolute Gasteiger partial charge is 0.417 e. The van der Waals surface area contributed by atoms with Gasteiger partial charge in [-0.05, 0) is 17.5 Å². The van der Waals surface area contributed by atoms with E-state index in [9.17, 15) is 28.3 Å². The number of thiophene rings is 1. The maximum atomic E-state index is 13.4. The van der Waals surface area contributed by atoms with Gasteiger partial charge in [-0.25, -0.2) is 4.98 Å². The zero-order valence-electron chi connectivity index (χ0n) is 14.0. The van der Waals surface area contributed by atoms with Crippen LogP contribution in [0.2, 0.25) is 0 Å². The van der Waals surface area contributed by atoms with Gasteiger partial charge in [-0.2, -0.15) is 18.4 Å². The van der Waals surface area contributed by atoms with Crippen molar-refractivity contribution >= 4 is 28.9 Å². The summed E-state index contributed by atoms with van der Waals surface area (Å²) in [6.07, 6.45) is -4.78. The Labute approximate surface area is 164 Å². The molecule has 0 amide bonds. The number of halogens is 3. The standard InChI is InChI=1S/C16H9F3N4O3S2/c1-23-13(15(25)26-22-23)11(24)7-28-14-8(6-20)9(16(17,18)19)5-10(21-14)12-3-2-4-27-12/h2-5H,7H2,1H3. The van der Waals surface area contributed by atoms with Crippen molar-refractivity contribution in [1.82, 2.24) is 10.3 Å². The third kappa shape index (κ3) is 3.85. The van der Waals surface area contributed by atoms with E-state index in [1.54, 1.807) is 17.5 Å². The van der Waals surface area contributed by atoms with E-state index in [0.717, 1.165) is 10.7 Å². The van der Waals surface area contributed by atoms with E-state index in [4.69, 9.17) is 0 Å². The molecule has 7 nitrogen and oxygen atoms in total. The fourth-order valence-corrected chi connectivity index (χ4v) is 3.87. The van der Waals surface area contributed by atoms with Gasteiger partial charge in [-0.15, -0.1) is 11.3 Å². The molecule has 0 N–H and O–H groups in total. The van der Waals surface area contributed by atoms with E-state index in [2.05, 4.69) is 14.8 Å². The molecule has 144 valence electrons. The highest BCUT2D eigenvalue weighted by atomic mass is 32.2. The number of carbonyl (C=O) groups excluding carboxylic acids is 1. The lowest BCUT2D eigenvalue weighted by atomic mass is 10.1. The molecule has 0 saturated heterocycles. The zero-order valence-corrected chi connectivity index (χ0v) is 15.6. The molecule has 12 heteroatoms. The van der Waals surface area contributed by atoms with Crippen LogP contribution in [-0.4, -0.2) is 21.8 Å². The van der Waals surface area contributed by atoms with Gasteiger partial charge in [0.05, 0.1) is 32.7 Å². The number of hydrogen-bond acceptors (Lipinski definition) is 8. The van der Waals surface area contributed by atoms with E-state index in [1.807, 2.05) is 0 Å². The Morgan fingerprint density at radius 2 is 2.25 bits per heavy atom. The number of aromatic nitrogens is 3. The van der Waals surface area contributed by atoms with Crippen molar-refractivity contribution in [1.29, 1.82) is 5.26 Å². The van der Waals surface area contributed by atoms with Gasteiger partial charge in [0.1, 0.15) is 11.1 Å². The molecule has 0 aliphatic carbocycles. The first-order valence-electron chi connectivity index (χ1n) is 7.47. The minimum atomic E-state index is -4.78. The summed E-state index contributed by atoms with van der Waals surface area (Å²) in [5, 5.41) is 25.5. The summed E-state index contributed by atoms with van der Waals surface area (Å²) in [6, 6.07) is 5.58. The van der Waals surface area contributed by atoms with Crippen molar-refractivity contribution in [3.8, 4) is 22.6 Å². The van der Waals surface area contributed by atoms with Crippen molar-refractivity contribution in [3.63, 3.8) is 0 Å². The fraction of sp³-hybridized carbons (Fsp3) is 0.188. The number of pyridine rings is 1. The average Bonchev–Trinajstić information content (AvgIpc) is 3.28. The highest BCUT2D eigenvalue weighted by Gasteiger charge is 2.36. The Balaban J connectivity index is 2.01. The van der Waals surface area contributed by atoms with E-state index in [1.165, 1.54) is 24.5 Å². The summed E-state index contributed by atoms with van der Waals surface area (Å²) in [6.45, 7) is 0. The summed E-state index contributed by atoms with van der Waals surface area (Å²) < 4.78 is 45.6. The number of nitriles is 1. The first-order valence-corrected chi connectivity index (χ1v) is 9.34. The molecule has 0 radical (unpaired) electrons. The summed E-state index contributed by atoms with van der Waals surface area (Å²) in [5.74, 6) is -2.08. The Bertz CT molecular complexity index is 1050. The van der Waals surface area contributed by atoms with Crippen LogP contribution in [0, 0.1) is 11.3 Å². The maximum absolute atomic E-state index is 13.4. The van der Waals surface area contributed by atoms with E-state index in [0.29, 0.717) is 16.6 Å². The molecule has 0 spiro atoms. The van der Waals surface area contributed by atoms with Crippen LogP contribution < -0.4 is 9.79 Å². The van der Waals surface area contributed by atoms with Crippen molar-refractivity contribution < 1.29 is 32.3 Å². The van der Waals surface area contributed by atoms with Crippen LogP contribution >= 0.6 is 23.1 Å².